The van der Waals surface area contributed by atoms with E-state index >= 15 is 0 Å². The van der Waals surface area contributed by atoms with Crippen molar-refractivity contribution in [1.82, 2.24) is 0 Å². The van der Waals surface area contributed by atoms with Crippen LogP contribution in [0.5, 0.6) is 5.75 Å². The van der Waals surface area contributed by atoms with Gasteiger partial charge in [-0.3, -0.25) is 0 Å². The monoisotopic (exact) mass is 369 g/mol. The maximum atomic E-state index is 11.7. The van der Waals surface area contributed by atoms with Crippen molar-refractivity contribution in [1.29, 1.82) is 0 Å². The van der Waals surface area contributed by atoms with Gasteiger partial charge in [0.15, 0.2) is 5.54 Å². The molecule has 0 heterocycles. The first-order chi connectivity index (χ1) is 9.83. The highest BCUT2D eigenvalue weighted by Crippen LogP contribution is 2.31. The molecule has 0 amide bonds. The number of aliphatic carboxylic acids is 1. The molecule has 0 aliphatic carbocycles. The minimum absolute atomic E-state index is 0.0840. The van der Waals surface area contributed by atoms with Crippen molar-refractivity contribution in [3.05, 3.63) is 57.5 Å². The molecule has 1 unspecified atom stereocenters. The van der Waals surface area contributed by atoms with Crippen LogP contribution in [0, 0.1) is 0 Å². The van der Waals surface area contributed by atoms with Gasteiger partial charge in [0.05, 0.1) is 5.02 Å². The average Bonchev–Trinajstić information content (AvgIpc) is 2.43. The summed E-state index contributed by atoms with van der Waals surface area (Å²) in [5.41, 5.74) is -0.191. The van der Waals surface area contributed by atoms with Gasteiger partial charge in [-0.15, -0.1) is 0 Å². The Morgan fingerprint density at radius 2 is 1.86 bits per heavy atom. The van der Waals surface area contributed by atoms with E-state index in [9.17, 15) is 15.0 Å². The first kappa shape index (κ1) is 15.7. The van der Waals surface area contributed by atoms with Crippen LogP contribution in [0.3, 0.4) is 0 Å². The number of nitrogens with one attached hydrogen (secondary N) is 1. The van der Waals surface area contributed by atoms with Crippen molar-refractivity contribution in [2.24, 2.45) is 0 Å². The number of benzene rings is 2. The molecular weight excluding hydrogens is 358 g/mol. The number of aromatic hydroxyl groups is 1. The van der Waals surface area contributed by atoms with Crippen LogP contribution >= 0.6 is 27.5 Å². The van der Waals surface area contributed by atoms with E-state index in [1.54, 1.807) is 37.3 Å². The zero-order valence-corrected chi connectivity index (χ0v) is 13.4. The van der Waals surface area contributed by atoms with Crippen LogP contribution in [0.1, 0.15) is 12.5 Å². The second-order valence-electron chi connectivity index (χ2n) is 4.73. The smallest absolute Gasteiger partial charge is 0.333 e. The lowest BCUT2D eigenvalue weighted by molar-refractivity contribution is -0.142. The van der Waals surface area contributed by atoms with Gasteiger partial charge in [-0.05, 0) is 58.7 Å². The van der Waals surface area contributed by atoms with Gasteiger partial charge < -0.3 is 15.5 Å². The normalized spacial score (nSPS) is 13.5. The van der Waals surface area contributed by atoms with Gasteiger partial charge >= 0.3 is 5.97 Å². The van der Waals surface area contributed by atoms with Crippen LogP contribution in [-0.2, 0) is 10.3 Å². The highest BCUT2D eigenvalue weighted by Gasteiger charge is 2.35. The molecule has 0 aliphatic rings. The van der Waals surface area contributed by atoms with Crippen LogP contribution in [0.4, 0.5) is 5.69 Å². The van der Waals surface area contributed by atoms with E-state index in [1.165, 1.54) is 12.1 Å². The summed E-state index contributed by atoms with van der Waals surface area (Å²) in [6.45, 7) is 1.56. The lowest BCUT2D eigenvalue weighted by atomic mass is 9.91. The SMILES string of the molecule is CC(Nc1ccc(Cl)c(Br)c1)(C(=O)O)c1ccc(O)cc1. The summed E-state index contributed by atoms with van der Waals surface area (Å²) in [6, 6.07) is 11.1. The van der Waals surface area contributed by atoms with Crippen LogP contribution in [-0.4, -0.2) is 16.2 Å². The van der Waals surface area contributed by atoms with E-state index in [2.05, 4.69) is 21.2 Å². The number of phenolic OH excluding ortho intramolecular Hbond substituents is 1. The number of rotatable bonds is 4. The fourth-order valence-corrected chi connectivity index (χ4v) is 2.40. The summed E-state index contributed by atoms with van der Waals surface area (Å²) in [6.07, 6.45) is 0. The number of phenols is 1. The van der Waals surface area contributed by atoms with Gasteiger partial charge in [-0.25, -0.2) is 4.79 Å². The molecule has 21 heavy (non-hydrogen) atoms. The third-order valence-electron chi connectivity index (χ3n) is 3.19. The van der Waals surface area contributed by atoms with Gasteiger partial charge in [-0.2, -0.15) is 0 Å². The highest BCUT2D eigenvalue weighted by molar-refractivity contribution is 9.10. The second-order valence-corrected chi connectivity index (χ2v) is 5.99. The number of hydrogen-bond acceptors (Lipinski definition) is 3. The minimum Gasteiger partial charge on any atom is -0.508 e. The topological polar surface area (TPSA) is 69.6 Å². The zero-order chi connectivity index (χ0) is 15.6. The zero-order valence-electron chi connectivity index (χ0n) is 11.1. The Kier molecular flexibility index (Phi) is 4.44. The van der Waals surface area contributed by atoms with E-state index in [0.29, 0.717) is 20.7 Å². The maximum absolute atomic E-state index is 11.7. The molecule has 0 radical (unpaired) electrons. The summed E-state index contributed by atoms with van der Waals surface area (Å²) in [5, 5.41) is 22.4. The molecule has 0 saturated heterocycles. The molecule has 6 heteroatoms. The molecule has 0 saturated carbocycles. The lowest BCUT2D eigenvalue weighted by Gasteiger charge is -2.28. The van der Waals surface area contributed by atoms with Crippen molar-refractivity contribution in [3.63, 3.8) is 0 Å². The average molecular weight is 371 g/mol. The fraction of sp³-hybridized carbons (Fsp3) is 0.133. The molecule has 0 spiro atoms. The standard InChI is InChI=1S/C15H13BrClNO3/c1-15(14(20)21,9-2-5-11(19)6-3-9)18-10-4-7-13(17)12(16)8-10/h2-8,18-19H,1H3,(H,20,21). The summed E-state index contributed by atoms with van der Waals surface area (Å²) in [7, 11) is 0. The summed E-state index contributed by atoms with van der Waals surface area (Å²) < 4.78 is 0.674. The quantitative estimate of drug-likeness (QED) is 0.753. The highest BCUT2D eigenvalue weighted by atomic mass is 79.9. The predicted molar refractivity (Wildman–Crippen MR) is 85.9 cm³/mol. The first-order valence-corrected chi connectivity index (χ1v) is 7.26. The Balaban J connectivity index is 2.40. The number of hydrogen-bond donors (Lipinski definition) is 3. The molecular formula is C15H13BrClNO3. The number of carboxylic acids is 1. The summed E-state index contributed by atoms with van der Waals surface area (Å²) in [4.78, 5) is 11.7. The molecule has 2 rings (SSSR count). The van der Waals surface area contributed by atoms with Crippen molar-refractivity contribution >= 4 is 39.2 Å². The van der Waals surface area contributed by atoms with Crippen molar-refractivity contribution < 1.29 is 15.0 Å². The Labute approximate surface area is 135 Å². The molecule has 3 N–H and O–H groups in total. The van der Waals surface area contributed by atoms with Crippen molar-refractivity contribution in [2.75, 3.05) is 5.32 Å². The third kappa shape index (κ3) is 3.31. The summed E-state index contributed by atoms with van der Waals surface area (Å²) in [5.74, 6) is -0.944. The molecule has 0 aliphatic heterocycles. The number of carboxylic acid groups (broad SMARTS) is 1. The molecule has 2 aromatic carbocycles. The molecule has 2 aromatic rings. The molecule has 0 fully saturated rings. The van der Waals surface area contributed by atoms with Crippen LogP contribution in [0.25, 0.3) is 0 Å². The first-order valence-electron chi connectivity index (χ1n) is 6.09. The molecule has 0 aromatic heterocycles. The van der Waals surface area contributed by atoms with Gasteiger partial charge in [0, 0.05) is 10.2 Å². The van der Waals surface area contributed by atoms with E-state index in [4.69, 9.17) is 11.6 Å². The largest absolute Gasteiger partial charge is 0.508 e. The van der Waals surface area contributed by atoms with Crippen LogP contribution in [0.2, 0.25) is 5.02 Å². The van der Waals surface area contributed by atoms with Gasteiger partial charge in [0.1, 0.15) is 5.75 Å². The Hall–Kier alpha value is -1.72. The fourth-order valence-electron chi connectivity index (χ4n) is 1.91. The third-order valence-corrected chi connectivity index (χ3v) is 4.40. The van der Waals surface area contributed by atoms with Gasteiger partial charge in [0.25, 0.3) is 0 Å². The molecule has 110 valence electrons. The Bertz CT molecular complexity index is 675. The Morgan fingerprint density at radius 3 is 2.38 bits per heavy atom. The predicted octanol–water partition coefficient (Wildman–Crippen LogP) is 4.22. The number of halogens is 2. The van der Waals surface area contributed by atoms with Crippen LogP contribution in [0.15, 0.2) is 46.9 Å². The Morgan fingerprint density at radius 1 is 1.24 bits per heavy atom. The van der Waals surface area contributed by atoms with Gasteiger partial charge in [-0.1, -0.05) is 23.7 Å². The molecule has 4 nitrogen and oxygen atoms in total. The van der Waals surface area contributed by atoms with E-state index in [1.807, 2.05) is 0 Å². The van der Waals surface area contributed by atoms with E-state index < -0.39 is 11.5 Å². The van der Waals surface area contributed by atoms with Gasteiger partial charge in [0.2, 0.25) is 0 Å². The lowest BCUT2D eigenvalue weighted by Crippen LogP contribution is -2.40. The second kappa shape index (κ2) is 5.95. The van der Waals surface area contributed by atoms with E-state index in [0.717, 1.165) is 0 Å². The van der Waals surface area contributed by atoms with E-state index in [-0.39, 0.29) is 5.75 Å². The van der Waals surface area contributed by atoms with Crippen molar-refractivity contribution in [2.45, 2.75) is 12.5 Å². The number of carbonyl (C=O) groups is 1. The minimum atomic E-state index is -1.33. The molecule has 1 atom stereocenters. The van der Waals surface area contributed by atoms with Crippen molar-refractivity contribution in [3.8, 4) is 5.75 Å². The number of anilines is 1. The summed E-state index contributed by atoms with van der Waals surface area (Å²) >= 11 is 9.23. The molecule has 0 bridgehead atoms. The maximum Gasteiger partial charge on any atom is 0.333 e. The van der Waals surface area contributed by atoms with Crippen LogP contribution < -0.4 is 5.32 Å².